The van der Waals surface area contributed by atoms with Gasteiger partial charge in [-0.1, -0.05) is 19.9 Å². The lowest BCUT2D eigenvalue weighted by molar-refractivity contribution is -0.138. The maximum Gasteiger partial charge on any atom is 0.333 e. The van der Waals surface area contributed by atoms with Gasteiger partial charge in [0.25, 0.3) is 0 Å². The van der Waals surface area contributed by atoms with E-state index in [9.17, 15) is 14.4 Å². The van der Waals surface area contributed by atoms with Crippen molar-refractivity contribution in [3.8, 4) is 0 Å². The van der Waals surface area contributed by atoms with Crippen LogP contribution >= 0.6 is 0 Å². The van der Waals surface area contributed by atoms with Crippen molar-refractivity contribution in [3.63, 3.8) is 0 Å². The second-order valence-electron chi connectivity index (χ2n) is 7.05. The minimum absolute atomic E-state index is 0.0267. The highest BCUT2D eigenvalue weighted by atomic mass is 16.5. The summed E-state index contributed by atoms with van der Waals surface area (Å²) in [6, 6.07) is -0.248. The van der Waals surface area contributed by atoms with Crippen molar-refractivity contribution in [1.82, 2.24) is 15.5 Å². The van der Waals surface area contributed by atoms with Gasteiger partial charge in [-0.3, -0.25) is 9.59 Å². The number of hydrogen-bond acceptors (Lipinski definition) is 5. The molecule has 1 aliphatic heterocycles. The van der Waals surface area contributed by atoms with Crippen LogP contribution in [-0.4, -0.2) is 62.0 Å². The fourth-order valence-electron chi connectivity index (χ4n) is 3.00. The molecule has 1 saturated heterocycles. The molecule has 1 atom stereocenters. The zero-order valence-electron chi connectivity index (χ0n) is 16.6. The number of amides is 2. The number of nitrogens with zero attached hydrogens (tertiary/aromatic N) is 1. The first-order valence-corrected chi connectivity index (χ1v) is 9.37. The molecule has 2 amide bonds. The van der Waals surface area contributed by atoms with E-state index in [1.54, 1.807) is 31.9 Å². The number of piperidine rings is 1. The minimum atomic E-state index is -0.377. The molecule has 0 bridgehead atoms. The van der Waals surface area contributed by atoms with Crippen molar-refractivity contribution in [1.29, 1.82) is 0 Å². The molecule has 2 N–H and O–H groups in total. The number of carbonyl (C=O) groups is 3. The highest BCUT2D eigenvalue weighted by Crippen LogP contribution is 2.15. The Balaban J connectivity index is 2.65. The van der Waals surface area contributed by atoms with Gasteiger partial charge in [-0.2, -0.15) is 0 Å². The van der Waals surface area contributed by atoms with Crippen molar-refractivity contribution >= 4 is 17.8 Å². The number of likely N-dealkylation sites (N-methyl/N-ethyl adjacent to an activating group) is 1. The largest absolute Gasteiger partial charge is 0.463 e. The van der Waals surface area contributed by atoms with E-state index in [4.69, 9.17) is 4.74 Å². The van der Waals surface area contributed by atoms with Crippen LogP contribution in [-0.2, 0) is 19.1 Å². The number of hydrogen-bond donors (Lipinski definition) is 2. The van der Waals surface area contributed by atoms with Gasteiger partial charge in [0.2, 0.25) is 11.8 Å². The predicted molar refractivity (Wildman–Crippen MR) is 100 cm³/mol. The Labute approximate surface area is 156 Å². The Hall–Kier alpha value is -1.89. The lowest BCUT2D eigenvalue weighted by atomic mass is 9.97. The fraction of sp³-hybridized carbons (Fsp3) is 0.737. The SMILES string of the molecule is CCOC(=O)/C(C)=C/[C@H](C(C)C)N(C)C(=O)CNC(=O)C1CCNCC1. The van der Waals surface area contributed by atoms with E-state index in [0.29, 0.717) is 12.2 Å². The quantitative estimate of drug-likeness (QED) is 0.495. The first-order valence-electron chi connectivity index (χ1n) is 9.37. The molecule has 0 spiro atoms. The Morgan fingerprint density at radius 1 is 1.27 bits per heavy atom. The summed E-state index contributed by atoms with van der Waals surface area (Å²) in [5.41, 5.74) is 0.476. The van der Waals surface area contributed by atoms with Crippen molar-refractivity contribution in [2.24, 2.45) is 11.8 Å². The maximum atomic E-state index is 12.5. The zero-order chi connectivity index (χ0) is 19.7. The molecule has 1 fully saturated rings. The van der Waals surface area contributed by atoms with Crippen LogP contribution in [0.4, 0.5) is 0 Å². The first-order chi connectivity index (χ1) is 12.3. The summed E-state index contributed by atoms with van der Waals surface area (Å²) in [7, 11) is 1.69. The van der Waals surface area contributed by atoms with E-state index < -0.39 is 0 Å². The molecule has 0 aromatic heterocycles. The van der Waals surface area contributed by atoms with Gasteiger partial charge >= 0.3 is 5.97 Å². The van der Waals surface area contributed by atoms with Crippen LogP contribution in [0.25, 0.3) is 0 Å². The molecule has 26 heavy (non-hydrogen) atoms. The Kier molecular flexibility index (Phi) is 9.34. The topological polar surface area (TPSA) is 87.7 Å². The normalized spacial score (nSPS) is 16.9. The van der Waals surface area contributed by atoms with E-state index in [0.717, 1.165) is 25.9 Å². The molecule has 0 radical (unpaired) electrons. The van der Waals surface area contributed by atoms with E-state index in [1.165, 1.54) is 0 Å². The summed E-state index contributed by atoms with van der Waals surface area (Å²) in [5, 5.41) is 5.97. The van der Waals surface area contributed by atoms with Gasteiger partial charge in [0, 0.05) is 18.5 Å². The third kappa shape index (κ3) is 6.78. The van der Waals surface area contributed by atoms with Crippen LogP contribution in [0.2, 0.25) is 0 Å². The van der Waals surface area contributed by atoms with Gasteiger partial charge in [-0.25, -0.2) is 4.79 Å². The number of nitrogens with one attached hydrogen (secondary N) is 2. The highest BCUT2D eigenvalue weighted by molar-refractivity contribution is 5.88. The van der Waals surface area contributed by atoms with Crippen molar-refractivity contribution in [2.45, 2.75) is 46.6 Å². The smallest absolute Gasteiger partial charge is 0.333 e. The third-order valence-electron chi connectivity index (χ3n) is 4.67. The van der Waals surface area contributed by atoms with Crippen LogP contribution in [0, 0.1) is 11.8 Å². The van der Waals surface area contributed by atoms with Crippen LogP contribution in [0.1, 0.15) is 40.5 Å². The number of rotatable bonds is 8. The average molecular weight is 367 g/mol. The van der Waals surface area contributed by atoms with Crippen molar-refractivity contribution < 1.29 is 19.1 Å². The van der Waals surface area contributed by atoms with Crippen LogP contribution < -0.4 is 10.6 Å². The lowest BCUT2D eigenvalue weighted by Crippen LogP contribution is -2.46. The third-order valence-corrected chi connectivity index (χ3v) is 4.67. The summed E-state index contributed by atoms with van der Waals surface area (Å²) in [6.45, 7) is 9.35. The molecule has 7 nitrogen and oxygen atoms in total. The summed E-state index contributed by atoms with van der Waals surface area (Å²) in [5.74, 6) is -0.528. The second kappa shape index (κ2) is 11.0. The van der Waals surface area contributed by atoms with Crippen LogP contribution in [0.15, 0.2) is 11.6 Å². The molecule has 0 aliphatic carbocycles. The van der Waals surface area contributed by atoms with Gasteiger partial charge < -0.3 is 20.3 Å². The fourth-order valence-corrected chi connectivity index (χ4v) is 3.00. The van der Waals surface area contributed by atoms with Gasteiger partial charge in [-0.15, -0.1) is 0 Å². The molecular formula is C19H33N3O4. The van der Waals surface area contributed by atoms with E-state index in [1.807, 2.05) is 13.8 Å². The maximum absolute atomic E-state index is 12.5. The molecule has 1 heterocycles. The van der Waals surface area contributed by atoms with Crippen LogP contribution in [0.5, 0.6) is 0 Å². The van der Waals surface area contributed by atoms with Gasteiger partial charge in [0.05, 0.1) is 19.2 Å². The molecule has 7 heteroatoms. The lowest BCUT2D eigenvalue weighted by Gasteiger charge is -2.30. The predicted octanol–water partition coefficient (Wildman–Crippen LogP) is 1.09. The van der Waals surface area contributed by atoms with Crippen molar-refractivity contribution in [3.05, 3.63) is 11.6 Å². The first kappa shape index (κ1) is 22.2. The molecule has 0 saturated carbocycles. The highest BCUT2D eigenvalue weighted by Gasteiger charge is 2.25. The molecule has 0 aromatic carbocycles. The molecule has 148 valence electrons. The van der Waals surface area contributed by atoms with Gasteiger partial charge in [0.1, 0.15) is 0 Å². The second-order valence-corrected chi connectivity index (χ2v) is 7.05. The molecule has 1 rings (SSSR count). The molecular weight excluding hydrogens is 334 g/mol. The standard InChI is InChI=1S/C19H33N3O4/c1-6-26-19(25)14(4)11-16(13(2)3)22(5)17(23)12-21-18(24)15-7-9-20-10-8-15/h11,13,15-16,20H,6-10,12H2,1-5H3,(H,21,24)/b14-11+/t16-/m1/s1. The number of esters is 1. The summed E-state index contributed by atoms with van der Waals surface area (Å²) >= 11 is 0. The average Bonchev–Trinajstić information content (AvgIpc) is 2.63. The Bertz CT molecular complexity index is 525. The van der Waals surface area contributed by atoms with Gasteiger partial charge in [0.15, 0.2) is 0 Å². The van der Waals surface area contributed by atoms with E-state index in [-0.39, 0.29) is 42.2 Å². The minimum Gasteiger partial charge on any atom is -0.463 e. The summed E-state index contributed by atoms with van der Waals surface area (Å²) in [4.78, 5) is 38.1. The van der Waals surface area contributed by atoms with Gasteiger partial charge in [-0.05, 0) is 45.7 Å². The number of ether oxygens (including phenoxy) is 1. The molecule has 1 aliphatic rings. The molecule has 0 aromatic rings. The van der Waals surface area contributed by atoms with Crippen molar-refractivity contribution in [2.75, 3.05) is 33.3 Å². The summed E-state index contributed by atoms with van der Waals surface area (Å²) < 4.78 is 5.00. The van der Waals surface area contributed by atoms with E-state index >= 15 is 0 Å². The Morgan fingerprint density at radius 2 is 1.88 bits per heavy atom. The monoisotopic (exact) mass is 367 g/mol. The zero-order valence-corrected chi connectivity index (χ0v) is 16.6. The Morgan fingerprint density at radius 3 is 2.42 bits per heavy atom. The number of carbonyl (C=O) groups excluding carboxylic acids is 3. The summed E-state index contributed by atoms with van der Waals surface area (Å²) in [6.07, 6.45) is 3.35. The molecule has 0 unspecified atom stereocenters. The van der Waals surface area contributed by atoms with E-state index in [2.05, 4.69) is 10.6 Å². The van der Waals surface area contributed by atoms with Crippen LogP contribution in [0.3, 0.4) is 0 Å².